The minimum atomic E-state index is -3.51. The molecule has 0 bridgehead atoms. The predicted octanol–water partition coefficient (Wildman–Crippen LogP) is 0.744. The Kier molecular flexibility index (Phi) is 7.13. The maximum Gasteiger partial charge on any atom is 0.244 e. The van der Waals surface area contributed by atoms with Crippen molar-refractivity contribution < 1.29 is 13.2 Å². The van der Waals surface area contributed by atoms with Crippen molar-refractivity contribution in [3.63, 3.8) is 0 Å². The zero-order valence-electron chi connectivity index (χ0n) is 9.55. The first-order valence-corrected chi connectivity index (χ1v) is 6.43. The van der Waals surface area contributed by atoms with Crippen LogP contribution in [0.1, 0.15) is 6.42 Å². The molecule has 17 heavy (non-hydrogen) atoms. The number of nitrogens with two attached hydrogens (primary N) is 1. The molecule has 0 fully saturated rings. The number of halogens is 1. The second-order valence-electron chi connectivity index (χ2n) is 3.19. The summed E-state index contributed by atoms with van der Waals surface area (Å²) in [6.45, 7) is 0.783. The molecule has 1 rings (SSSR count). The van der Waals surface area contributed by atoms with Crippen LogP contribution in [-0.4, -0.2) is 28.6 Å². The summed E-state index contributed by atoms with van der Waals surface area (Å²) >= 11 is 0. The van der Waals surface area contributed by atoms with E-state index in [-0.39, 0.29) is 17.3 Å². The van der Waals surface area contributed by atoms with Crippen LogP contribution in [0.15, 0.2) is 29.2 Å². The zero-order valence-corrected chi connectivity index (χ0v) is 11.2. The Hall–Kier alpha value is -0.820. The maximum atomic E-state index is 11.9. The van der Waals surface area contributed by atoms with E-state index in [0.29, 0.717) is 25.3 Å². The van der Waals surface area contributed by atoms with Crippen molar-refractivity contribution in [3.8, 4) is 5.75 Å². The normalized spacial score (nSPS) is 10.7. The van der Waals surface area contributed by atoms with Crippen LogP contribution in [0.25, 0.3) is 0 Å². The van der Waals surface area contributed by atoms with Crippen molar-refractivity contribution in [1.29, 1.82) is 0 Å². The molecule has 1 aromatic carbocycles. The molecule has 0 aliphatic heterocycles. The lowest BCUT2D eigenvalue weighted by Gasteiger charge is -2.09. The Balaban J connectivity index is 0.00000256. The molecule has 0 unspecified atom stereocenters. The van der Waals surface area contributed by atoms with Crippen molar-refractivity contribution in [2.45, 2.75) is 11.3 Å². The molecule has 7 heteroatoms. The van der Waals surface area contributed by atoms with Crippen molar-refractivity contribution in [2.75, 3.05) is 20.2 Å². The summed E-state index contributed by atoms with van der Waals surface area (Å²) in [6.07, 6.45) is 0.606. The molecule has 0 saturated heterocycles. The van der Waals surface area contributed by atoms with Crippen LogP contribution in [0.4, 0.5) is 0 Å². The van der Waals surface area contributed by atoms with Crippen molar-refractivity contribution >= 4 is 22.4 Å². The third-order valence-electron chi connectivity index (χ3n) is 2.03. The molecule has 5 nitrogen and oxygen atoms in total. The molecule has 0 aliphatic rings. The van der Waals surface area contributed by atoms with Crippen LogP contribution in [-0.2, 0) is 10.0 Å². The molecule has 0 spiro atoms. The van der Waals surface area contributed by atoms with Crippen LogP contribution < -0.4 is 15.2 Å². The Morgan fingerprint density at radius 1 is 1.35 bits per heavy atom. The molecule has 0 amide bonds. The predicted molar refractivity (Wildman–Crippen MR) is 69.1 cm³/mol. The van der Waals surface area contributed by atoms with Gasteiger partial charge in [-0.05, 0) is 25.1 Å². The lowest BCUT2D eigenvalue weighted by atomic mass is 10.3. The minimum Gasteiger partial charge on any atom is -0.495 e. The molecule has 0 atom stereocenters. The van der Waals surface area contributed by atoms with Crippen LogP contribution in [0, 0.1) is 0 Å². The Morgan fingerprint density at radius 3 is 2.59 bits per heavy atom. The molecule has 0 aliphatic carbocycles. The Bertz CT molecular complexity index is 437. The highest BCUT2D eigenvalue weighted by Crippen LogP contribution is 2.22. The van der Waals surface area contributed by atoms with Gasteiger partial charge in [0.25, 0.3) is 0 Å². The summed E-state index contributed by atoms with van der Waals surface area (Å²) in [5.74, 6) is 0.336. The number of ether oxygens (including phenoxy) is 1. The van der Waals surface area contributed by atoms with Crippen molar-refractivity contribution in [1.82, 2.24) is 4.72 Å². The van der Waals surface area contributed by atoms with Gasteiger partial charge in [-0.1, -0.05) is 12.1 Å². The van der Waals surface area contributed by atoms with Crippen LogP contribution >= 0.6 is 12.4 Å². The lowest BCUT2D eigenvalue weighted by molar-refractivity contribution is 0.402. The van der Waals surface area contributed by atoms with Crippen LogP contribution in [0.3, 0.4) is 0 Å². The molecule has 1 aromatic rings. The first-order valence-electron chi connectivity index (χ1n) is 4.94. The molecule has 0 aromatic heterocycles. The zero-order chi connectivity index (χ0) is 12.0. The number of sulfonamides is 1. The lowest BCUT2D eigenvalue weighted by Crippen LogP contribution is -2.26. The highest BCUT2D eigenvalue weighted by atomic mass is 35.5. The van der Waals surface area contributed by atoms with Gasteiger partial charge in [-0.3, -0.25) is 0 Å². The number of hydrogen-bond donors (Lipinski definition) is 2. The average Bonchev–Trinajstić information content (AvgIpc) is 2.29. The number of hydrogen-bond acceptors (Lipinski definition) is 4. The summed E-state index contributed by atoms with van der Waals surface area (Å²) in [5, 5.41) is 0. The second kappa shape index (κ2) is 7.50. The summed E-state index contributed by atoms with van der Waals surface area (Å²) in [5.41, 5.74) is 5.29. The monoisotopic (exact) mass is 280 g/mol. The van der Waals surface area contributed by atoms with Gasteiger partial charge in [0, 0.05) is 6.54 Å². The largest absolute Gasteiger partial charge is 0.495 e. The van der Waals surface area contributed by atoms with E-state index in [1.54, 1.807) is 18.2 Å². The van der Waals surface area contributed by atoms with E-state index in [1.807, 2.05) is 0 Å². The quantitative estimate of drug-likeness (QED) is 0.753. The number of rotatable bonds is 6. The van der Waals surface area contributed by atoms with E-state index in [9.17, 15) is 8.42 Å². The topological polar surface area (TPSA) is 81.4 Å². The summed E-state index contributed by atoms with van der Waals surface area (Å²) in [4.78, 5) is 0.148. The molecular weight excluding hydrogens is 264 g/mol. The second-order valence-corrected chi connectivity index (χ2v) is 4.93. The molecule has 0 saturated carbocycles. The van der Waals surface area contributed by atoms with Crippen molar-refractivity contribution in [3.05, 3.63) is 24.3 Å². The molecular formula is C10H17ClN2O3S. The molecule has 98 valence electrons. The van der Waals surface area contributed by atoms with Crippen molar-refractivity contribution in [2.24, 2.45) is 5.73 Å². The minimum absolute atomic E-state index is 0. The van der Waals surface area contributed by atoms with Gasteiger partial charge in [0.2, 0.25) is 10.0 Å². The number of nitrogens with one attached hydrogen (secondary N) is 1. The standard InChI is InChI=1S/C10H16N2O3S.ClH/c1-15-9-5-2-3-6-10(9)16(13,14)12-8-4-7-11;/h2-3,5-6,12H,4,7-8,11H2,1H3;1H. The van der Waals surface area contributed by atoms with E-state index in [4.69, 9.17) is 10.5 Å². The Labute approximate surface area is 108 Å². The number of benzene rings is 1. The molecule has 0 radical (unpaired) electrons. The average molecular weight is 281 g/mol. The smallest absolute Gasteiger partial charge is 0.244 e. The highest BCUT2D eigenvalue weighted by molar-refractivity contribution is 7.89. The number of para-hydroxylation sites is 1. The van der Waals surface area contributed by atoms with Gasteiger partial charge in [-0.2, -0.15) is 0 Å². The summed E-state index contributed by atoms with van der Waals surface area (Å²) in [7, 11) is -2.07. The van der Waals surface area contributed by atoms with Gasteiger partial charge in [0.15, 0.2) is 0 Å². The fraction of sp³-hybridized carbons (Fsp3) is 0.400. The van der Waals surface area contributed by atoms with Gasteiger partial charge < -0.3 is 10.5 Å². The first kappa shape index (κ1) is 16.2. The Morgan fingerprint density at radius 2 is 2.00 bits per heavy atom. The van der Waals surface area contributed by atoms with Gasteiger partial charge in [0.1, 0.15) is 10.6 Å². The fourth-order valence-corrected chi connectivity index (χ4v) is 2.47. The summed E-state index contributed by atoms with van der Waals surface area (Å²) in [6, 6.07) is 6.48. The van der Waals surface area contributed by atoms with Gasteiger partial charge in [0.05, 0.1) is 7.11 Å². The maximum absolute atomic E-state index is 11.9. The number of methoxy groups -OCH3 is 1. The van der Waals surface area contributed by atoms with E-state index in [0.717, 1.165) is 0 Å². The van der Waals surface area contributed by atoms with Crippen LogP contribution in [0.2, 0.25) is 0 Å². The van der Waals surface area contributed by atoms with Gasteiger partial charge in [-0.15, -0.1) is 12.4 Å². The first-order chi connectivity index (χ1) is 7.61. The van der Waals surface area contributed by atoms with E-state index >= 15 is 0 Å². The van der Waals surface area contributed by atoms with E-state index in [2.05, 4.69) is 4.72 Å². The molecule has 0 heterocycles. The van der Waals surface area contributed by atoms with Crippen LogP contribution in [0.5, 0.6) is 5.75 Å². The van der Waals surface area contributed by atoms with Gasteiger partial charge >= 0.3 is 0 Å². The SMILES string of the molecule is COc1ccccc1S(=O)(=O)NCCCN.Cl. The summed E-state index contributed by atoms with van der Waals surface area (Å²) < 4.78 is 31.2. The van der Waals surface area contributed by atoms with Gasteiger partial charge in [-0.25, -0.2) is 13.1 Å². The third-order valence-corrected chi connectivity index (χ3v) is 3.53. The van der Waals surface area contributed by atoms with E-state index in [1.165, 1.54) is 13.2 Å². The highest BCUT2D eigenvalue weighted by Gasteiger charge is 2.17. The van der Waals surface area contributed by atoms with E-state index < -0.39 is 10.0 Å². The third kappa shape index (κ3) is 4.51. The fourth-order valence-electron chi connectivity index (χ4n) is 1.23. The molecule has 3 N–H and O–H groups in total.